The van der Waals surface area contributed by atoms with Crippen molar-refractivity contribution < 1.29 is 5.11 Å². The molecule has 1 aromatic rings. The molecule has 0 fully saturated rings. The molecule has 0 radical (unpaired) electrons. The normalized spacial score (nSPS) is 9.45. The number of para-hydroxylation sites is 1. The Morgan fingerprint density at radius 1 is 1.45 bits per heavy atom. The van der Waals surface area contributed by atoms with E-state index in [4.69, 9.17) is 16.6 Å². The predicted molar refractivity (Wildman–Crippen MR) is 45.7 cm³/mol. The first-order valence-corrected chi connectivity index (χ1v) is 3.15. The van der Waals surface area contributed by atoms with Crippen molar-refractivity contribution in [3.63, 3.8) is 0 Å². The number of benzene rings is 1. The lowest BCUT2D eigenvalue weighted by molar-refractivity contribution is 0.478. The van der Waals surface area contributed by atoms with E-state index in [1.165, 1.54) is 6.07 Å². The Kier molecular flexibility index (Phi) is 1.72. The Hall–Kier alpha value is -1.64. The van der Waals surface area contributed by atoms with Crippen molar-refractivity contribution in [2.45, 2.75) is 0 Å². The molecule has 0 amide bonds. The fraction of sp³-hybridized carbons (Fsp3) is 0. The van der Waals surface area contributed by atoms with Gasteiger partial charge in [-0.25, -0.2) is 0 Å². The number of phenolic OH excluding ortho intramolecular Hbond substituents is 1. The Labute approximate surface area is 64.9 Å². The standard InChI is InChI=1S/C8H10N2O/c1-5(9)6-3-2-4-7(11)8(6)10/h2-4,11H,1,9-10H2. The van der Waals surface area contributed by atoms with Crippen LogP contribution >= 0.6 is 0 Å². The van der Waals surface area contributed by atoms with E-state index in [1.54, 1.807) is 12.1 Å². The lowest BCUT2D eigenvalue weighted by Crippen LogP contribution is -1.99. The van der Waals surface area contributed by atoms with Crippen LogP contribution in [0.1, 0.15) is 5.56 Å². The number of nitrogen functional groups attached to an aromatic ring is 1. The number of hydrogen-bond donors (Lipinski definition) is 3. The number of phenols is 1. The first-order chi connectivity index (χ1) is 5.13. The summed E-state index contributed by atoms with van der Waals surface area (Å²) in [5.41, 5.74) is 12.1. The average molecular weight is 150 g/mol. The van der Waals surface area contributed by atoms with Gasteiger partial charge in [0.15, 0.2) is 0 Å². The van der Waals surface area contributed by atoms with E-state index < -0.39 is 0 Å². The topological polar surface area (TPSA) is 72.3 Å². The smallest absolute Gasteiger partial charge is 0.139 e. The van der Waals surface area contributed by atoms with Gasteiger partial charge in [0.1, 0.15) is 5.75 Å². The van der Waals surface area contributed by atoms with Crippen molar-refractivity contribution in [1.82, 2.24) is 0 Å². The van der Waals surface area contributed by atoms with Crippen molar-refractivity contribution in [3.8, 4) is 5.75 Å². The molecule has 0 aliphatic carbocycles. The molecule has 0 heterocycles. The van der Waals surface area contributed by atoms with Gasteiger partial charge >= 0.3 is 0 Å². The second kappa shape index (κ2) is 2.54. The Bertz CT molecular complexity index is 294. The van der Waals surface area contributed by atoms with Crippen molar-refractivity contribution in [3.05, 3.63) is 30.3 Å². The van der Waals surface area contributed by atoms with Crippen molar-refractivity contribution in [2.24, 2.45) is 5.73 Å². The van der Waals surface area contributed by atoms with Crippen LogP contribution in [0.3, 0.4) is 0 Å². The quantitative estimate of drug-likeness (QED) is 0.411. The summed E-state index contributed by atoms with van der Waals surface area (Å²) in [6.45, 7) is 3.51. The van der Waals surface area contributed by atoms with E-state index >= 15 is 0 Å². The molecule has 0 aromatic heterocycles. The molecule has 0 saturated carbocycles. The molecular weight excluding hydrogens is 140 g/mol. The zero-order chi connectivity index (χ0) is 8.43. The minimum absolute atomic E-state index is 0.0362. The monoisotopic (exact) mass is 150 g/mol. The Morgan fingerprint density at radius 2 is 2.09 bits per heavy atom. The van der Waals surface area contributed by atoms with E-state index in [-0.39, 0.29) is 11.4 Å². The Morgan fingerprint density at radius 3 is 2.55 bits per heavy atom. The van der Waals surface area contributed by atoms with Crippen LogP contribution in [0.15, 0.2) is 24.8 Å². The molecular formula is C8H10N2O. The molecule has 0 unspecified atom stereocenters. The number of anilines is 1. The number of aromatic hydroxyl groups is 1. The zero-order valence-corrected chi connectivity index (χ0v) is 6.04. The average Bonchev–Trinajstić information content (AvgIpc) is 1.94. The van der Waals surface area contributed by atoms with Crippen LogP contribution in [0.5, 0.6) is 5.75 Å². The van der Waals surface area contributed by atoms with Gasteiger partial charge in [0.2, 0.25) is 0 Å². The van der Waals surface area contributed by atoms with E-state index in [0.29, 0.717) is 11.3 Å². The third-order valence-corrected chi connectivity index (χ3v) is 1.43. The molecule has 0 aliphatic rings. The second-order valence-corrected chi connectivity index (χ2v) is 2.26. The molecule has 0 aliphatic heterocycles. The number of hydrogen-bond acceptors (Lipinski definition) is 3. The summed E-state index contributed by atoms with van der Waals surface area (Å²) < 4.78 is 0. The highest BCUT2D eigenvalue weighted by atomic mass is 16.3. The van der Waals surface area contributed by atoms with Crippen LogP contribution in [0.4, 0.5) is 5.69 Å². The minimum atomic E-state index is 0.0362. The maximum atomic E-state index is 9.13. The molecule has 58 valence electrons. The fourth-order valence-electron chi connectivity index (χ4n) is 0.833. The van der Waals surface area contributed by atoms with Crippen LogP contribution in [0, 0.1) is 0 Å². The van der Waals surface area contributed by atoms with E-state index in [2.05, 4.69) is 6.58 Å². The molecule has 5 N–H and O–H groups in total. The molecule has 3 nitrogen and oxygen atoms in total. The third-order valence-electron chi connectivity index (χ3n) is 1.43. The minimum Gasteiger partial charge on any atom is -0.506 e. The molecule has 3 heteroatoms. The SMILES string of the molecule is C=C(N)c1cccc(O)c1N. The predicted octanol–water partition coefficient (Wildman–Crippen LogP) is 0.904. The first kappa shape index (κ1) is 7.47. The van der Waals surface area contributed by atoms with Gasteiger partial charge in [0.25, 0.3) is 0 Å². The van der Waals surface area contributed by atoms with Gasteiger partial charge in [-0.15, -0.1) is 0 Å². The van der Waals surface area contributed by atoms with Gasteiger partial charge in [-0.3, -0.25) is 0 Å². The van der Waals surface area contributed by atoms with Crippen LogP contribution in [-0.2, 0) is 0 Å². The van der Waals surface area contributed by atoms with Crippen molar-refractivity contribution >= 4 is 11.4 Å². The second-order valence-electron chi connectivity index (χ2n) is 2.26. The summed E-state index contributed by atoms with van der Waals surface area (Å²) in [5, 5.41) is 9.13. The highest BCUT2D eigenvalue weighted by Gasteiger charge is 2.02. The summed E-state index contributed by atoms with van der Waals surface area (Å²) >= 11 is 0. The van der Waals surface area contributed by atoms with Crippen molar-refractivity contribution in [2.75, 3.05) is 5.73 Å². The van der Waals surface area contributed by atoms with Gasteiger partial charge in [-0.2, -0.15) is 0 Å². The maximum Gasteiger partial charge on any atom is 0.139 e. The third kappa shape index (κ3) is 1.26. The molecule has 11 heavy (non-hydrogen) atoms. The largest absolute Gasteiger partial charge is 0.506 e. The van der Waals surface area contributed by atoms with Gasteiger partial charge in [-0.05, 0) is 6.07 Å². The van der Waals surface area contributed by atoms with Crippen LogP contribution in [0.25, 0.3) is 5.70 Å². The molecule has 0 spiro atoms. The van der Waals surface area contributed by atoms with E-state index in [0.717, 1.165) is 0 Å². The summed E-state index contributed by atoms with van der Waals surface area (Å²) in [7, 11) is 0. The lowest BCUT2D eigenvalue weighted by Gasteiger charge is -2.04. The molecule has 0 atom stereocenters. The highest BCUT2D eigenvalue weighted by Crippen LogP contribution is 2.25. The van der Waals surface area contributed by atoms with Crippen molar-refractivity contribution in [1.29, 1.82) is 0 Å². The van der Waals surface area contributed by atoms with E-state index in [9.17, 15) is 0 Å². The van der Waals surface area contributed by atoms with Crippen LogP contribution < -0.4 is 11.5 Å². The highest BCUT2D eigenvalue weighted by molar-refractivity contribution is 5.75. The van der Waals surface area contributed by atoms with Gasteiger partial charge in [-0.1, -0.05) is 18.7 Å². The summed E-state index contributed by atoms with van der Waals surface area (Å²) in [6.07, 6.45) is 0. The molecule has 1 rings (SSSR count). The van der Waals surface area contributed by atoms with Gasteiger partial charge < -0.3 is 16.6 Å². The lowest BCUT2D eigenvalue weighted by atomic mass is 10.1. The van der Waals surface area contributed by atoms with E-state index in [1.807, 2.05) is 0 Å². The summed E-state index contributed by atoms with van der Waals surface area (Å²) in [4.78, 5) is 0. The van der Waals surface area contributed by atoms with Crippen LogP contribution in [0.2, 0.25) is 0 Å². The molecule has 0 bridgehead atoms. The summed E-state index contributed by atoms with van der Waals surface area (Å²) in [6, 6.07) is 4.87. The molecule has 1 aromatic carbocycles. The summed E-state index contributed by atoms with van der Waals surface area (Å²) in [5.74, 6) is 0.0362. The zero-order valence-electron chi connectivity index (χ0n) is 6.04. The van der Waals surface area contributed by atoms with Gasteiger partial charge in [0, 0.05) is 11.3 Å². The van der Waals surface area contributed by atoms with Crippen LogP contribution in [-0.4, -0.2) is 5.11 Å². The first-order valence-electron chi connectivity index (χ1n) is 3.15. The number of nitrogens with two attached hydrogens (primary N) is 2. The Balaban J connectivity index is 3.27. The maximum absolute atomic E-state index is 9.13. The molecule has 0 saturated heterocycles. The van der Waals surface area contributed by atoms with Gasteiger partial charge in [0.05, 0.1) is 5.69 Å². The fourth-order valence-corrected chi connectivity index (χ4v) is 0.833. The number of rotatable bonds is 1.